The number of nitrogens with one attached hydrogen (secondary N) is 1. The summed E-state index contributed by atoms with van der Waals surface area (Å²) in [4.78, 5) is 3.97. The second-order valence-electron chi connectivity index (χ2n) is 4.96. The molecule has 0 spiro atoms. The van der Waals surface area contributed by atoms with Gasteiger partial charge in [-0.3, -0.25) is 0 Å². The third-order valence-corrected chi connectivity index (χ3v) is 3.68. The van der Waals surface area contributed by atoms with Gasteiger partial charge in [0.1, 0.15) is 5.75 Å². The predicted molar refractivity (Wildman–Crippen MR) is 74.4 cm³/mol. The Labute approximate surface area is 118 Å². The van der Waals surface area contributed by atoms with Crippen LogP contribution in [0.1, 0.15) is 42.8 Å². The monoisotopic (exact) mass is 273 g/mol. The maximum atomic E-state index is 5.86. The fraction of sp³-hybridized carbons (Fsp3) is 0.467. The highest BCUT2D eigenvalue weighted by Crippen LogP contribution is 2.35. The molecule has 5 heteroatoms. The third kappa shape index (κ3) is 2.67. The van der Waals surface area contributed by atoms with Crippen molar-refractivity contribution in [2.75, 3.05) is 6.54 Å². The summed E-state index contributed by atoms with van der Waals surface area (Å²) in [6.45, 7) is 3.47. The summed E-state index contributed by atoms with van der Waals surface area (Å²) in [6.07, 6.45) is 4.77. The average Bonchev–Trinajstić information content (AvgIpc) is 2.99. The SMILES string of the molecule is CCNC1CCCc2c(OCc3ncon3)cccc21. The lowest BCUT2D eigenvalue weighted by atomic mass is 9.87. The Morgan fingerprint density at radius 2 is 2.40 bits per heavy atom. The summed E-state index contributed by atoms with van der Waals surface area (Å²) in [6, 6.07) is 6.72. The van der Waals surface area contributed by atoms with Gasteiger partial charge in [-0.15, -0.1) is 0 Å². The number of nitrogens with zero attached hydrogens (tertiary/aromatic N) is 2. The van der Waals surface area contributed by atoms with E-state index in [-0.39, 0.29) is 0 Å². The Hall–Kier alpha value is -1.88. The van der Waals surface area contributed by atoms with E-state index >= 15 is 0 Å². The van der Waals surface area contributed by atoms with E-state index in [4.69, 9.17) is 9.26 Å². The molecule has 1 aliphatic rings. The van der Waals surface area contributed by atoms with E-state index in [2.05, 4.69) is 34.5 Å². The zero-order chi connectivity index (χ0) is 13.8. The lowest BCUT2D eigenvalue weighted by Gasteiger charge is -2.27. The lowest BCUT2D eigenvalue weighted by molar-refractivity contribution is 0.281. The quantitative estimate of drug-likeness (QED) is 0.907. The lowest BCUT2D eigenvalue weighted by Crippen LogP contribution is -2.25. The number of aromatic nitrogens is 2. The Kier molecular flexibility index (Phi) is 3.97. The largest absolute Gasteiger partial charge is 0.485 e. The van der Waals surface area contributed by atoms with Crippen LogP contribution < -0.4 is 10.1 Å². The van der Waals surface area contributed by atoms with Gasteiger partial charge in [-0.05, 0) is 43.0 Å². The van der Waals surface area contributed by atoms with Crippen LogP contribution in [0.15, 0.2) is 29.1 Å². The Morgan fingerprint density at radius 3 is 3.20 bits per heavy atom. The number of rotatable bonds is 5. The molecule has 106 valence electrons. The molecule has 1 heterocycles. The van der Waals surface area contributed by atoms with Gasteiger partial charge >= 0.3 is 0 Å². The molecular formula is C15H19N3O2. The fourth-order valence-electron chi connectivity index (χ4n) is 2.81. The minimum absolute atomic E-state index is 0.346. The highest BCUT2D eigenvalue weighted by atomic mass is 16.5. The highest BCUT2D eigenvalue weighted by Gasteiger charge is 2.22. The Morgan fingerprint density at radius 1 is 1.45 bits per heavy atom. The first-order chi connectivity index (χ1) is 9.88. The van der Waals surface area contributed by atoms with E-state index < -0.39 is 0 Å². The van der Waals surface area contributed by atoms with Crippen molar-refractivity contribution in [3.63, 3.8) is 0 Å². The molecule has 0 radical (unpaired) electrons. The molecule has 1 aromatic carbocycles. The molecule has 1 atom stereocenters. The van der Waals surface area contributed by atoms with Crippen LogP contribution in [-0.2, 0) is 13.0 Å². The van der Waals surface area contributed by atoms with E-state index in [9.17, 15) is 0 Å². The van der Waals surface area contributed by atoms with Crippen molar-refractivity contribution < 1.29 is 9.26 Å². The summed E-state index contributed by atoms with van der Waals surface area (Å²) in [5.74, 6) is 1.51. The van der Waals surface area contributed by atoms with Crippen LogP contribution in [0.3, 0.4) is 0 Å². The van der Waals surface area contributed by atoms with E-state index in [0.717, 1.165) is 18.7 Å². The van der Waals surface area contributed by atoms with Crippen molar-refractivity contribution in [2.45, 2.75) is 38.8 Å². The van der Waals surface area contributed by atoms with Gasteiger partial charge in [0.05, 0.1) is 0 Å². The Balaban J connectivity index is 1.80. The zero-order valence-corrected chi connectivity index (χ0v) is 11.6. The van der Waals surface area contributed by atoms with Crippen LogP contribution in [0.2, 0.25) is 0 Å². The first kappa shape index (κ1) is 13.1. The van der Waals surface area contributed by atoms with Crippen molar-refractivity contribution in [3.05, 3.63) is 41.5 Å². The summed E-state index contributed by atoms with van der Waals surface area (Å²) in [5.41, 5.74) is 2.68. The number of ether oxygens (including phenoxy) is 1. The van der Waals surface area contributed by atoms with Gasteiger partial charge in [0, 0.05) is 6.04 Å². The molecule has 0 saturated carbocycles. The first-order valence-electron chi connectivity index (χ1n) is 7.11. The van der Waals surface area contributed by atoms with Gasteiger partial charge in [0.2, 0.25) is 12.2 Å². The van der Waals surface area contributed by atoms with E-state index in [1.54, 1.807) is 0 Å². The maximum absolute atomic E-state index is 5.86. The molecule has 0 bridgehead atoms. The van der Waals surface area contributed by atoms with E-state index in [0.29, 0.717) is 18.5 Å². The van der Waals surface area contributed by atoms with Gasteiger partial charge in [-0.1, -0.05) is 24.2 Å². The molecule has 0 amide bonds. The van der Waals surface area contributed by atoms with Crippen molar-refractivity contribution in [2.24, 2.45) is 0 Å². The topological polar surface area (TPSA) is 60.2 Å². The second-order valence-corrected chi connectivity index (χ2v) is 4.96. The molecule has 1 N–H and O–H groups in total. The van der Waals surface area contributed by atoms with Crippen molar-refractivity contribution >= 4 is 0 Å². The maximum Gasteiger partial charge on any atom is 0.213 e. The fourth-order valence-corrected chi connectivity index (χ4v) is 2.81. The zero-order valence-electron chi connectivity index (χ0n) is 11.6. The van der Waals surface area contributed by atoms with Crippen LogP contribution in [0.4, 0.5) is 0 Å². The van der Waals surface area contributed by atoms with Crippen molar-refractivity contribution in [1.82, 2.24) is 15.5 Å². The molecule has 0 fully saturated rings. The minimum Gasteiger partial charge on any atom is -0.485 e. The number of hydrogen-bond acceptors (Lipinski definition) is 5. The summed E-state index contributed by atoms with van der Waals surface area (Å²) in [5, 5.41) is 7.31. The van der Waals surface area contributed by atoms with E-state index in [1.165, 1.54) is 30.4 Å². The van der Waals surface area contributed by atoms with Crippen molar-refractivity contribution in [1.29, 1.82) is 0 Å². The number of hydrogen-bond donors (Lipinski definition) is 1. The van der Waals surface area contributed by atoms with Gasteiger partial charge in [-0.2, -0.15) is 4.98 Å². The second kappa shape index (κ2) is 6.05. The molecule has 20 heavy (non-hydrogen) atoms. The summed E-state index contributed by atoms with van der Waals surface area (Å²) in [7, 11) is 0. The average molecular weight is 273 g/mol. The van der Waals surface area contributed by atoms with Crippen LogP contribution in [0.5, 0.6) is 5.75 Å². The van der Waals surface area contributed by atoms with Gasteiger partial charge in [0.25, 0.3) is 0 Å². The molecule has 0 saturated heterocycles. The normalized spacial score (nSPS) is 17.8. The first-order valence-corrected chi connectivity index (χ1v) is 7.11. The molecule has 5 nitrogen and oxygen atoms in total. The summed E-state index contributed by atoms with van der Waals surface area (Å²) >= 11 is 0. The minimum atomic E-state index is 0.346. The van der Waals surface area contributed by atoms with Crippen LogP contribution in [0, 0.1) is 0 Å². The van der Waals surface area contributed by atoms with Crippen LogP contribution >= 0.6 is 0 Å². The molecule has 1 aliphatic carbocycles. The summed E-state index contributed by atoms with van der Waals surface area (Å²) < 4.78 is 10.6. The van der Waals surface area contributed by atoms with Gasteiger partial charge in [-0.25, -0.2) is 0 Å². The molecule has 3 rings (SSSR count). The smallest absolute Gasteiger partial charge is 0.213 e. The predicted octanol–water partition coefficient (Wildman–Crippen LogP) is 2.64. The third-order valence-electron chi connectivity index (χ3n) is 3.68. The van der Waals surface area contributed by atoms with Crippen LogP contribution in [-0.4, -0.2) is 16.7 Å². The van der Waals surface area contributed by atoms with Crippen LogP contribution in [0.25, 0.3) is 0 Å². The molecular weight excluding hydrogens is 254 g/mol. The standard InChI is InChI=1S/C15H19N3O2/c1-2-16-13-7-3-6-12-11(13)5-4-8-14(12)19-9-15-17-10-20-18-15/h4-5,8,10,13,16H,2-3,6-7,9H2,1H3. The molecule has 1 aromatic heterocycles. The Bertz CT molecular complexity index is 554. The molecule has 1 unspecified atom stereocenters. The molecule has 2 aromatic rings. The molecule has 0 aliphatic heterocycles. The highest BCUT2D eigenvalue weighted by molar-refractivity contribution is 5.43. The van der Waals surface area contributed by atoms with Gasteiger partial charge < -0.3 is 14.6 Å². The number of fused-ring (bicyclic) bond motifs is 1. The van der Waals surface area contributed by atoms with Crippen molar-refractivity contribution in [3.8, 4) is 5.75 Å². The van der Waals surface area contributed by atoms with E-state index in [1.807, 2.05) is 6.07 Å². The number of benzene rings is 1. The van der Waals surface area contributed by atoms with Gasteiger partial charge in [0.15, 0.2) is 6.61 Å².